The third-order valence-electron chi connectivity index (χ3n) is 9.09. The van der Waals surface area contributed by atoms with E-state index in [4.69, 9.17) is 0 Å². The predicted octanol–water partition coefficient (Wildman–Crippen LogP) is 10.3. The van der Waals surface area contributed by atoms with E-state index in [1.807, 2.05) is 6.92 Å². The summed E-state index contributed by atoms with van der Waals surface area (Å²) in [5.41, 5.74) is 9.63. The van der Waals surface area contributed by atoms with Crippen LogP contribution in [0.25, 0.3) is 43.1 Å². The molecule has 0 aliphatic heterocycles. The topological polar surface area (TPSA) is 54.4 Å². The van der Waals surface area contributed by atoms with Gasteiger partial charge >= 0.3 is 0 Å². The maximum Gasteiger partial charge on any atom is 0.294 e. The Balaban J connectivity index is 1.70. The van der Waals surface area contributed by atoms with Crippen molar-refractivity contribution in [2.75, 3.05) is 0 Å². The van der Waals surface area contributed by atoms with Crippen LogP contribution < -0.4 is 0 Å². The Morgan fingerprint density at radius 3 is 1.70 bits per heavy atom. The first kappa shape index (κ1) is 29.3. The third-order valence-corrected chi connectivity index (χ3v) is 9.92. The SMILES string of the molecule is CCCc1cc(C)c2cc(Cc3cc4c(C)cccc4c4cc(CCC)cc(C)c34)c3c(C)cc(S(=O)(=O)O)cc3c2c1. The summed E-state index contributed by atoms with van der Waals surface area (Å²) >= 11 is 0. The van der Waals surface area contributed by atoms with Crippen molar-refractivity contribution in [3.63, 3.8) is 0 Å². The number of hydrogen-bond acceptors (Lipinski definition) is 2. The van der Waals surface area contributed by atoms with Gasteiger partial charge in [-0.2, -0.15) is 8.42 Å². The van der Waals surface area contributed by atoms with Crippen molar-refractivity contribution in [3.05, 3.63) is 111 Å². The standard InChI is InChI=1S/C39H40O3S/c1-7-10-27-14-24(4)34-21-30(39-26(6)16-31(43(40,41)42)22-37(39)35(34)17-27)19-29-20-33-23(3)12-9-13-32(33)36-18-28(11-8-2)15-25(5)38(29)36/h9,12-18,20-22H,7-8,10-11,19H2,1-6H3,(H,40,41,42). The lowest BCUT2D eigenvalue weighted by molar-refractivity contribution is 0.483. The summed E-state index contributed by atoms with van der Waals surface area (Å²) in [6, 6.07) is 23.8. The van der Waals surface area contributed by atoms with Gasteiger partial charge in [0.25, 0.3) is 10.1 Å². The van der Waals surface area contributed by atoms with Gasteiger partial charge in [-0.25, -0.2) is 0 Å². The zero-order valence-corrected chi connectivity index (χ0v) is 26.9. The lowest BCUT2D eigenvalue weighted by Gasteiger charge is -2.19. The number of fused-ring (bicyclic) bond motifs is 6. The molecule has 43 heavy (non-hydrogen) atoms. The molecule has 0 saturated heterocycles. The van der Waals surface area contributed by atoms with Crippen molar-refractivity contribution in [2.45, 2.75) is 78.5 Å². The molecule has 0 heterocycles. The average molecular weight is 589 g/mol. The molecule has 0 aliphatic rings. The summed E-state index contributed by atoms with van der Waals surface area (Å²) in [4.78, 5) is -0.0550. The molecule has 0 spiro atoms. The summed E-state index contributed by atoms with van der Waals surface area (Å²) in [7, 11) is -4.36. The molecule has 6 rings (SSSR count). The largest absolute Gasteiger partial charge is 0.294 e. The van der Waals surface area contributed by atoms with Crippen LogP contribution in [0.3, 0.4) is 0 Å². The molecule has 0 saturated carbocycles. The Kier molecular flexibility index (Phi) is 7.56. The Labute approximate surface area is 255 Å². The molecule has 0 aromatic heterocycles. The molecule has 0 fully saturated rings. The molecule has 1 N–H and O–H groups in total. The van der Waals surface area contributed by atoms with Gasteiger partial charge in [0.05, 0.1) is 4.90 Å². The van der Waals surface area contributed by atoms with Gasteiger partial charge in [0.1, 0.15) is 0 Å². The van der Waals surface area contributed by atoms with E-state index in [2.05, 4.69) is 89.2 Å². The minimum absolute atomic E-state index is 0.0550. The number of benzene rings is 6. The van der Waals surface area contributed by atoms with E-state index in [1.165, 1.54) is 60.5 Å². The first-order chi connectivity index (χ1) is 20.5. The molecule has 220 valence electrons. The molecular formula is C39H40O3S. The number of hydrogen-bond donors (Lipinski definition) is 1. The summed E-state index contributed by atoms with van der Waals surface area (Å²) in [6.45, 7) is 12.9. The highest BCUT2D eigenvalue weighted by molar-refractivity contribution is 7.85. The molecule has 0 atom stereocenters. The summed E-state index contributed by atoms with van der Waals surface area (Å²) < 4.78 is 34.7. The van der Waals surface area contributed by atoms with E-state index < -0.39 is 10.1 Å². The van der Waals surface area contributed by atoms with E-state index in [-0.39, 0.29) is 4.90 Å². The van der Waals surface area contributed by atoms with Gasteiger partial charge in [-0.3, -0.25) is 4.55 Å². The smallest absolute Gasteiger partial charge is 0.282 e. The maximum atomic E-state index is 12.3. The van der Waals surface area contributed by atoms with Crippen molar-refractivity contribution >= 4 is 53.2 Å². The molecule has 4 heteroatoms. The molecule has 0 unspecified atom stereocenters. The van der Waals surface area contributed by atoms with E-state index in [1.54, 1.807) is 12.1 Å². The second-order valence-electron chi connectivity index (χ2n) is 12.4. The van der Waals surface area contributed by atoms with Gasteiger partial charge in [0.2, 0.25) is 0 Å². The monoisotopic (exact) mass is 588 g/mol. The quantitative estimate of drug-likeness (QED) is 0.149. The maximum absolute atomic E-state index is 12.3. The van der Waals surface area contributed by atoms with Gasteiger partial charge in [0, 0.05) is 0 Å². The second kappa shape index (κ2) is 11.1. The third kappa shape index (κ3) is 5.21. The van der Waals surface area contributed by atoms with Crippen LogP contribution in [0.1, 0.15) is 71.2 Å². The van der Waals surface area contributed by atoms with Crippen LogP contribution in [0.4, 0.5) is 0 Å². The minimum atomic E-state index is -4.36. The number of rotatable bonds is 7. The number of aryl methyl sites for hydroxylation is 6. The fraction of sp³-hybridized carbons (Fsp3) is 0.282. The van der Waals surface area contributed by atoms with E-state index in [9.17, 15) is 13.0 Å². The van der Waals surface area contributed by atoms with Crippen LogP contribution in [0.5, 0.6) is 0 Å². The second-order valence-corrected chi connectivity index (χ2v) is 13.8. The highest BCUT2D eigenvalue weighted by Crippen LogP contribution is 2.39. The summed E-state index contributed by atoms with van der Waals surface area (Å²) in [5.74, 6) is 0. The Morgan fingerprint density at radius 1 is 0.558 bits per heavy atom. The fourth-order valence-corrected chi connectivity index (χ4v) is 7.87. The average Bonchev–Trinajstić information content (AvgIpc) is 2.93. The van der Waals surface area contributed by atoms with Crippen LogP contribution in [0, 0.1) is 27.7 Å². The molecule has 6 aromatic carbocycles. The van der Waals surface area contributed by atoms with Crippen LogP contribution >= 0.6 is 0 Å². The molecule has 0 bridgehead atoms. The molecule has 0 aliphatic carbocycles. The summed E-state index contributed by atoms with van der Waals surface area (Å²) in [5, 5.41) is 9.26. The Hall–Kier alpha value is -3.73. The van der Waals surface area contributed by atoms with Crippen molar-refractivity contribution in [1.82, 2.24) is 0 Å². The highest BCUT2D eigenvalue weighted by atomic mass is 32.2. The van der Waals surface area contributed by atoms with Gasteiger partial charge < -0.3 is 0 Å². The molecule has 6 aromatic rings. The van der Waals surface area contributed by atoms with Crippen molar-refractivity contribution < 1.29 is 13.0 Å². The first-order valence-electron chi connectivity index (χ1n) is 15.4. The van der Waals surface area contributed by atoms with Gasteiger partial charge in [-0.1, -0.05) is 69.2 Å². The minimum Gasteiger partial charge on any atom is -0.282 e. The van der Waals surface area contributed by atoms with Gasteiger partial charge in [-0.05, 0) is 159 Å². The predicted molar refractivity (Wildman–Crippen MR) is 182 cm³/mol. The zero-order chi connectivity index (χ0) is 30.6. The Morgan fingerprint density at radius 2 is 1.09 bits per heavy atom. The lowest BCUT2D eigenvalue weighted by atomic mass is 9.85. The molecule has 3 nitrogen and oxygen atoms in total. The van der Waals surface area contributed by atoms with Crippen molar-refractivity contribution in [1.29, 1.82) is 0 Å². The summed E-state index contributed by atoms with van der Waals surface area (Å²) in [6.07, 6.45) is 4.86. The molecule has 0 radical (unpaired) electrons. The van der Waals surface area contributed by atoms with Gasteiger partial charge in [0.15, 0.2) is 0 Å². The van der Waals surface area contributed by atoms with Crippen LogP contribution in [0.2, 0.25) is 0 Å². The van der Waals surface area contributed by atoms with E-state index in [0.29, 0.717) is 6.42 Å². The molecule has 0 amide bonds. The fourth-order valence-electron chi connectivity index (χ4n) is 7.28. The Bertz CT molecular complexity index is 2190. The normalized spacial score (nSPS) is 12.3. The first-order valence-corrected chi connectivity index (χ1v) is 16.9. The van der Waals surface area contributed by atoms with Crippen molar-refractivity contribution in [2.24, 2.45) is 0 Å². The lowest BCUT2D eigenvalue weighted by Crippen LogP contribution is -2.02. The van der Waals surface area contributed by atoms with E-state index >= 15 is 0 Å². The highest BCUT2D eigenvalue weighted by Gasteiger charge is 2.19. The van der Waals surface area contributed by atoms with E-state index in [0.717, 1.165) is 52.8 Å². The van der Waals surface area contributed by atoms with Crippen LogP contribution in [-0.4, -0.2) is 13.0 Å². The van der Waals surface area contributed by atoms with Crippen molar-refractivity contribution in [3.8, 4) is 0 Å². The zero-order valence-electron chi connectivity index (χ0n) is 26.1. The van der Waals surface area contributed by atoms with Crippen LogP contribution in [0.15, 0.2) is 71.6 Å². The van der Waals surface area contributed by atoms with Gasteiger partial charge in [-0.15, -0.1) is 0 Å². The molecular weight excluding hydrogens is 548 g/mol. The van der Waals surface area contributed by atoms with Crippen LogP contribution in [-0.2, 0) is 29.4 Å².